The van der Waals surface area contributed by atoms with Crippen LogP contribution in [0.2, 0.25) is 0 Å². The summed E-state index contributed by atoms with van der Waals surface area (Å²) < 4.78 is 43.6. The van der Waals surface area contributed by atoms with E-state index in [-0.39, 0.29) is 5.56 Å². The van der Waals surface area contributed by atoms with Crippen molar-refractivity contribution in [2.45, 2.75) is 13.8 Å². The van der Waals surface area contributed by atoms with Crippen LogP contribution in [-0.4, -0.2) is 68.6 Å². The third kappa shape index (κ3) is 5.75. The summed E-state index contributed by atoms with van der Waals surface area (Å²) >= 11 is 0. The average Bonchev–Trinajstić information content (AvgIpc) is 3.41. The molecule has 208 valence electrons. The molecule has 0 spiro atoms. The number of halogens is 3. The third-order valence-corrected chi connectivity index (χ3v) is 6.69. The highest BCUT2D eigenvalue weighted by atomic mass is 19.2. The molecule has 3 N–H and O–H groups in total. The molecule has 13 heteroatoms. The quantitative estimate of drug-likeness (QED) is 0.293. The van der Waals surface area contributed by atoms with Crippen molar-refractivity contribution in [2.24, 2.45) is 0 Å². The second kappa shape index (κ2) is 11.3. The van der Waals surface area contributed by atoms with Gasteiger partial charge in [0.15, 0.2) is 17.5 Å². The van der Waals surface area contributed by atoms with Gasteiger partial charge in [0.2, 0.25) is 5.95 Å². The van der Waals surface area contributed by atoms with Crippen LogP contribution < -0.4 is 16.1 Å². The number of anilines is 4. The Morgan fingerprint density at radius 2 is 1.70 bits per heavy atom. The number of benzene rings is 2. The number of aryl methyl sites for hydroxylation is 1. The monoisotopic (exact) mass is 551 g/mol. The molecular formula is C27H28F3N9O. The molecular weight excluding hydrogens is 523 g/mol. The molecule has 5 rings (SSSR count). The van der Waals surface area contributed by atoms with Crippen LogP contribution in [0, 0.1) is 31.3 Å². The second-order valence-corrected chi connectivity index (χ2v) is 9.55. The van der Waals surface area contributed by atoms with Gasteiger partial charge in [0.25, 0.3) is 5.91 Å². The third-order valence-electron chi connectivity index (χ3n) is 6.69. The fourth-order valence-electron chi connectivity index (χ4n) is 4.24. The Bertz CT molecular complexity index is 1550. The lowest BCUT2D eigenvalue weighted by Gasteiger charge is -2.32. The fourth-order valence-corrected chi connectivity index (χ4v) is 4.24. The molecule has 0 aliphatic carbocycles. The van der Waals surface area contributed by atoms with Gasteiger partial charge in [-0.15, -0.1) is 0 Å². The van der Waals surface area contributed by atoms with Gasteiger partial charge in [0.05, 0.1) is 5.69 Å². The van der Waals surface area contributed by atoms with Crippen LogP contribution in [-0.2, 0) is 0 Å². The molecule has 1 amide bonds. The van der Waals surface area contributed by atoms with E-state index < -0.39 is 34.6 Å². The molecule has 3 heterocycles. The molecule has 1 fully saturated rings. The number of imidazole rings is 1. The van der Waals surface area contributed by atoms with E-state index >= 15 is 0 Å². The van der Waals surface area contributed by atoms with Crippen LogP contribution in [0.4, 0.5) is 36.3 Å². The lowest BCUT2D eigenvalue weighted by atomic mass is 10.1. The lowest BCUT2D eigenvalue weighted by Crippen LogP contribution is -2.47. The van der Waals surface area contributed by atoms with Gasteiger partial charge in [-0.3, -0.25) is 9.36 Å². The van der Waals surface area contributed by atoms with Crippen molar-refractivity contribution in [3.63, 3.8) is 0 Å². The number of hydrazine groups is 1. The first kappa shape index (κ1) is 27.1. The van der Waals surface area contributed by atoms with Gasteiger partial charge >= 0.3 is 0 Å². The van der Waals surface area contributed by atoms with Crippen molar-refractivity contribution < 1.29 is 18.0 Å². The van der Waals surface area contributed by atoms with Crippen molar-refractivity contribution >= 4 is 29.0 Å². The van der Waals surface area contributed by atoms with E-state index in [1.165, 1.54) is 6.33 Å². The number of likely N-dealkylation sites (N-methyl/N-ethyl adjacent to an activating group) is 1. The zero-order valence-corrected chi connectivity index (χ0v) is 22.2. The van der Waals surface area contributed by atoms with Crippen molar-refractivity contribution in [3.8, 4) is 5.82 Å². The van der Waals surface area contributed by atoms with E-state index in [0.717, 1.165) is 38.7 Å². The Labute approximate surface area is 228 Å². The predicted octanol–water partition coefficient (Wildman–Crippen LogP) is 4.27. The molecule has 40 heavy (non-hydrogen) atoms. The number of hydrogen-bond donors (Lipinski definition) is 3. The van der Waals surface area contributed by atoms with Crippen LogP contribution in [0.15, 0.2) is 49.1 Å². The predicted molar refractivity (Wildman–Crippen MR) is 145 cm³/mol. The molecule has 0 atom stereocenters. The van der Waals surface area contributed by atoms with E-state index in [4.69, 9.17) is 0 Å². The number of carbonyl (C=O) groups is 1. The van der Waals surface area contributed by atoms with Crippen molar-refractivity contribution in [3.05, 3.63) is 83.2 Å². The Hall–Kier alpha value is -4.49. The summed E-state index contributed by atoms with van der Waals surface area (Å²) in [5.41, 5.74) is 3.90. The highest BCUT2D eigenvalue weighted by molar-refractivity contribution is 6.05. The lowest BCUT2D eigenvalue weighted by molar-refractivity contribution is 0.102. The van der Waals surface area contributed by atoms with Crippen LogP contribution in [0.3, 0.4) is 0 Å². The minimum Gasteiger partial charge on any atom is -0.325 e. The van der Waals surface area contributed by atoms with E-state index in [1.807, 2.05) is 6.92 Å². The fraction of sp³-hybridized carbons (Fsp3) is 0.259. The van der Waals surface area contributed by atoms with Crippen LogP contribution >= 0.6 is 0 Å². The van der Waals surface area contributed by atoms with E-state index in [1.54, 1.807) is 41.2 Å². The average molecular weight is 552 g/mol. The number of nitrogens with one attached hydrogen (secondary N) is 3. The van der Waals surface area contributed by atoms with E-state index in [0.29, 0.717) is 29.3 Å². The van der Waals surface area contributed by atoms with Gasteiger partial charge in [-0.25, -0.2) is 33.1 Å². The number of nitrogens with zero attached hydrogens (tertiary/aromatic N) is 6. The number of piperazine rings is 1. The summed E-state index contributed by atoms with van der Waals surface area (Å²) in [7, 11) is 2.09. The zero-order valence-electron chi connectivity index (χ0n) is 22.2. The molecule has 0 unspecified atom stereocenters. The maximum Gasteiger partial charge on any atom is 0.255 e. The number of carbonyl (C=O) groups excluding carboxylic acids is 1. The highest BCUT2D eigenvalue weighted by Gasteiger charge is 2.19. The van der Waals surface area contributed by atoms with Gasteiger partial charge in [-0.2, -0.15) is 0 Å². The zero-order chi connectivity index (χ0) is 28.4. The second-order valence-electron chi connectivity index (χ2n) is 9.55. The number of aromatic nitrogens is 4. The topological polar surface area (TPSA) is 103 Å². The molecule has 0 saturated carbocycles. The summed E-state index contributed by atoms with van der Waals surface area (Å²) in [5, 5.41) is 7.64. The van der Waals surface area contributed by atoms with E-state index in [2.05, 4.69) is 48.0 Å². The largest absolute Gasteiger partial charge is 0.325 e. The highest BCUT2D eigenvalue weighted by Crippen LogP contribution is 2.26. The maximum atomic E-state index is 14.4. The van der Waals surface area contributed by atoms with E-state index in [9.17, 15) is 18.0 Å². The van der Waals surface area contributed by atoms with Crippen molar-refractivity contribution in [2.75, 3.05) is 49.3 Å². The first-order valence-electron chi connectivity index (χ1n) is 12.6. The molecule has 0 bridgehead atoms. The summed E-state index contributed by atoms with van der Waals surface area (Å²) in [6.07, 6.45) is 4.81. The van der Waals surface area contributed by atoms with Gasteiger partial charge < -0.3 is 21.0 Å². The van der Waals surface area contributed by atoms with Crippen LogP contribution in [0.25, 0.3) is 5.82 Å². The summed E-state index contributed by atoms with van der Waals surface area (Å²) in [5.74, 6) is -2.62. The SMILES string of the molecule is Cc1ccc(C(=O)Nc2cc(F)c(F)c(C)c2F)cc1Nc1nccn1-c1cc(NN2CCN(C)CC2)ncn1. The van der Waals surface area contributed by atoms with Gasteiger partial charge in [0, 0.05) is 67.5 Å². The Morgan fingerprint density at radius 1 is 0.925 bits per heavy atom. The standard InChI is InChI=1S/C27H28F3N9O/c1-16-4-5-18(26(40)34-21-13-19(28)24(29)17(2)25(21)30)12-20(16)35-27-31-6-7-39(27)23-14-22(32-15-33-23)36-38-10-8-37(3)9-11-38/h4-7,12-15H,8-11H2,1-3H3,(H,31,35)(H,34,40)(H,32,33,36). The molecule has 0 radical (unpaired) electrons. The maximum absolute atomic E-state index is 14.4. The minimum absolute atomic E-state index is 0.175. The normalized spacial score (nSPS) is 14.2. The van der Waals surface area contributed by atoms with Gasteiger partial charge in [-0.05, 0) is 38.6 Å². The molecule has 2 aromatic heterocycles. The summed E-state index contributed by atoms with van der Waals surface area (Å²) in [4.78, 5) is 28.2. The molecule has 4 aromatic rings. The number of hydrogen-bond acceptors (Lipinski definition) is 8. The Kier molecular flexibility index (Phi) is 7.67. The van der Waals surface area contributed by atoms with Gasteiger partial charge in [0.1, 0.15) is 18.0 Å². The molecule has 1 saturated heterocycles. The van der Waals surface area contributed by atoms with Crippen LogP contribution in [0.1, 0.15) is 21.5 Å². The minimum atomic E-state index is -1.29. The van der Waals surface area contributed by atoms with Crippen LogP contribution in [0.5, 0.6) is 0 Å². The molecule has 2 aromatic carbocycles. The summed E-state index contributed by atoms with van der Waals surface area (Å²) in [6, 6.07) is 7.25. The molecule has 1 aliphatic rings. The summed E-state index contributed by atoms with van der Waals surface area (Å²) in [6.45, 7) is 6.57. The first-order chi connectivity index (χ1) is 19.2. The Balaban J connectivity index is 1.34. The molecule has 10 nitrogen and oxygen atoms in total. The molecule has 1 aliphatic heterocycles. The number of amides is 1. The van der Waals surface area contributed by atoms with Crippen molar-refractivity contribution in [1.82, 2.24) is 29.4 Å². The Morgan fingerprint density at radius 3 is 2.48 bits per heavy atom. The van der Waals surface area contributed by atoms with Gasteiger partial charge in [-0.1, -0.05) is 6.07 Å². The first-order valence-corrected chi connectivity index (χ1v) is 12.6. The van der Waals surface area contributed by atoms with Crippen molar-refractivity contribution in [1.29, 1.82) is 0 Å². The smallest absolute Gasteiger partial charge is 0.255 e. The number of rotatable bonds is 7.